The Morgan fingerprint density at radius 2 is 0.691 bits per heavy atom. The molecule has 55 heavy (non-hydrogen) atoms. The van der Waals surface area contributed by atoms with Gasteiger partial charge >= 0.3 is 0 Å². The molecule has 10 rings (SSSR count). The Labute approximate surface area is 321 Å². The van der Waals surface area contributed by atoms with E-state index in [1.165, 1.54) is 49.7 Å². The van der Waals surface area contributed by atoms with Gasteiger partial charge in [-0.15, -0.1) is 0 Å². The van der Waals surface area contributed by atoms with E-state index in [2.05, 4.69) is 190 Å². The minimum Gasteiger partial charge on any atom is -0.208 e. The van der Waals surface area contributed by atoms with Crippen LogP contribution >= 0.6 is 0 Å². The molecule has 0 radical (unpaired) electrons. The molecule has 3 nitrogen and oxygen atoms in total. The highest BCUT2D eigenvalue weighted by Gasteiger charge is 2.36. The zero-order valence-corrected chi connectivity index (χ0v) is 30.7. The van der Waals surface area contributed by atoms with Crippen molar-refractivity contribution < 1.29 is 0 Å². The van der Waals surface area contributed by atoms with Crippen LogP contribution in [0, 0.1) is 0 Å². The predicted molar refractivity (Wildman–Crippen MR) is 228 cm³/mol. The summed E-state index contributed by atoms with van der Waals surface area (Å²) in [6.07, 6.45) is 0. The number of nitrogens with zero attached hydrogens (tertiary/aromatic N) is 3. The van der Waals surface area contributed by atoms with E-state index in [-0.39, 0.29) is 5.41 Å². The fraction of sp³-hybridized carbons (Fsp3) is 0.0577. The summed E-state index contributed by atoms with van der Waals surface area (Å²) in [7, 11) is 0. The Balaban J connectivity index is 1.06. The van der Waals surface area contributed by atoms with Gasteiger partial charge in [0.1, 0.15) is 0 Å². The van der Waals surface area contributed by atoms with Crippen molar-refractivity contribution in [3.8, 4) is 78.7 Å². The molecule has 0 amide bonds. The molecule has 0 spiro atoms. The lowest BCUT2D eigenvalue weighted by atomic mass is 9.80. The molecule has 0 aliphatic heterocycles. The number of benzene rings is 8. The molecule has 0 atom stereocenters. The summed E-state index contributed by atoms with van der Waals surface area (Å²) in [4.78, 5) is 15.2. The molecule has 1 aliphatic rings. The minimum absolute atomic E-state index is 0.0963. The van der Waals surface area contributed by atoms with Gasteiger partial charge in [-0.25, -0.2) is 15.0 Å². The average Bonchev–Trinajstić information content (AvgIpc) is 3.49. The van der Waals surface area contributed by atoms with Crippen molar-refractivity contribution >= 4 is 10.8 Å². The molecule has 0 N–H and O–H groups in total. The normalized spacial score (nSPS) is 12.7. The fourth-order valence-electron chi connectivity index (χ4n) is 8.24. The number of aromatic nitrogens is 3. The van der Waals surface area contributed by atoms with E-state index in [0.29, 0.717) is 17.5 Å². The second-order valence-electron chi connectivity index (χ2n) is 14.8. The largest absolute Gasteiger partial charge is 0.208 e. The topological polar surface area (TPSA) is 38.7 Å². The Kier molecular flexibility index (Phi) is 7.81. The first-order valence-electron chi connectivity index (χ1n) is 18.9. The molecule has 1 heterocycles. The third kappa shape index (κ3) is 5.73. The van der Waals surface area contributed by atoms with E-state index in [9.17, 15) is 0 Å². The van der Waals surface area contributed by atoms with Gasteiger partial charge in [0, 0.05) is 22.1 Å². The van der Waals surface area contributed by atoms with Gasteiger partial charge in [0.15, 0.2) is 17.5 Å². The Morgan fingerprint density at radius 1 is 0.309 bits per heavy atom. The van der Waals surface area contributed by atoms with Crippen molar-refractivity contribution in [3.63, 3.8) is 0 Å². The Hall–Kier alpha value is -6.97. The van der Waals surface area contributed by atoms with Gasteiger partial charge in [0.25, 0.3) is 0 Å². The highest BCUT2D eigenvalue weighted by molar-refractivity contribution is 6.09. The van der Waals surface area contributed by atoms with Crippen molar-refractivity contribution in [2.45, 2.75) is 19.3 Å². The highest BCUT2D eigenvalue weighted by atomic mass is 15.0. The maximum Gasteiger partial charge on any atom is 0.164 e. The van der Waals surface area contributed by atoms with E-state index in [0.717, 1.165) is 33.4 Å². The van der Waals surface area contributed by atoms with Crippen LogP contribution < -0.4 is 0 Å². The summed E-state index contributed by atoms with van der Waals surface area (Å²) in [5.41, 5.74) is 15.2. The first kappa shape index (κ1) is 32.7. The Morgan fingerprint density at radius 3 is 1.20 bits per heavy atom. The number of hydrogen-bond donors (Lipinski definition) is 0. The van der Waals surface area contributed by atoms with Gasteiger partial charge in [-0.05, 0) is 72.5 Å². The molecule has 1 aromatic heterocycles. The van der Waals surface area contributed by atoms with Crippen molar-refractivity contribution in [2.24, 2.45) is 0 Å². The van der Waals surface area contributed by atoms with E-state index in [1.807, 2.05) is 12.1 Å². The van der Waals surface area contributed by atoms with Crippen LogP contribution in [0.15, 0.2) is 188 Å². The van der Waals surface area contributed by atoms with Gasteiger partial charge in [-0.2, -0.15) is 0 Å². The molecule has 9 aromatic rings. The number of hydrogen-bond acceptors (Lipinski definition) is 3. The van der Waals surface area contributed by atoms with Gasteiger partial charge in [0.2, 0.25) is 0 Å². The van der Waals surface area contributed by atoms with Crippen LogP contribution in [0.5, 0.6) is 0 Å². The zero-order valence-electron chi connectivity index (χ0n) is 30.7. The molecule has 0 unspecified atom stereocenters. The van der Waals surface area contributed by atoms with E-state index in [4.69, 9.17) is 15.0 Å². The average molecular weight is 704 g/mol. The summed E-state index contributed by atoms with van der Waals surface area (Å²) in [5.74, 6) is 1.92. The van der Waals surface area contributed by atoms with Crippen LogP contribution in [0.1, 0.15) is 25.0 Å². The molecule has 0 saturated heterocycles. The first-order chi connectivity index (χ1) is 27.0. The lowest BCUT2D eigenvalue weighted by molar-refractivity contribution is 0.661. The summed E-state index contributed by atoms with van der Waals surface area (Å²) in [6.45, 7) is 4.69. The molecule has 0 bridgehead atoms. The van der Waals surface area contributed by atoms with E-state index < -0.39 is 0 Å². The number of rotatable bonds is 6. The summed E-state index contributed by atoms with van der Waals surface area (Å²) in [5, 5.41) is 2.55. The van der Waals surface area contributed by atoms with Crippen molar-refractivity contribution in [3.05, 3.63) is 199 Å². The molecule has 8 aromatic carbocycles. The van der Waals surface area contributed by atoms with Gasteiger partial charge < -0.3 is 0 Å². The van der Waals surface area contributed by atoms with Gasteiger partial charge in [-0.1, -0.05) is 196 Å². The lowest BCUT2D eigenvalue weighted by Crippen LogP contribution is -2.15. The van der Waals surface area contributed by atoms with Crippen LogP contribution in [0.2, 0.25) is 0 Å². The molecular formula is C52H37N3. The minimum atomic E-state index is -0.0963. The summed E-state index contributed by atoms with van der Waals surface area (Å²) < 4.78 is 0. The van der Waals surface area contributed by atoms with Gasteiger partial charge in [0.05, 0.1) is 0 Å². The summed E-state index contributed by atoms with van der Waals surface area (Å²) >= 11 is 0. The smallest absolute Gasteiger partial charge is 0.164 e. The second kappa shape index (κ2) is 13.2. The lowest BCUT2D eigenvalue weighted by Gasteiger charge is -2.23. The molecule has 0 fully saturated rings. The first-order valence-corrected chi connectivity index (χ1v) is 18.9. The third-order valence-corrected chi connectivity index (χ3v) is 11.2. The Bertz CT molecular complexity index is 2740. The fourth-order valence-corrected chi connectivity index (χ4v) is 8.24. The van der Waals surface area contributed by atoms with Crippen LogP contribution in [-0.2, 0) is 5.41 Å². The van der Waals surface area contributed by atoms with Crippen LogP contribution in [0.4, 0.5) is 0 Å². The molecule has 1 aliphatic carbocycles. The molecular weight excluding hydrogens is 667 g/mol. The monoisotopic (exact) mass is 703 g/mol. The van der Waals surface area contributed by atoms with E-state index in [1.54, 1.807) is 0 Å². The quantitative estimate of drug-likeness (QED) is 0.173. The standard InChI is InChI=1S/C52H37N3/c1-52(2)46-20-12-11-19-44(46)48-43-18-10-9-17-42(43)45(33-47(48)52)38-25-31-41(32-26-38)51-54-49(39-27-21-36(22-28-39)34-13-5-3-6-14-34)53-50(55-51)40-29-23-37(24-30-40)35-15-7-4-8-16-35/h3-33H,1-2H3. The molecule has 3 heteroatoms. The van der Waals surface area contributed by atoms with Crippen molar-refractivity contribution in [2.75, 3.05) is 0 Å². The number of fused-ring (bicyclic) bond motifs is 5. The summed E-state index contributed by atoms with van der Waals surface area (Å²) in [6, 6.07) is 66.7. The second-order valence-corrected chi connectivity index (χ2v) is 14.8. The van der Waals surface area contributed by atoms with Crippen LogP contribution in [0.3, 0.4) is 0 Å². The third-order valence-electron chi connectivity index (χ3n) is 11.2. The highest BCUT2D eigenvalue weighted by Crippen LogP contribution is 2.53. The maximum absolute atomic E-state index is 5.09. The predicted octanol–water partition coefficient (Wildman–Crippen LogP) is 13.3. The van der Waals surface area contributed by atoms with Crippen LogP contribution in [0.25, 0.3) is 89.4 Å². The van der Waals surface area contributed by atoms with Crippen molar-refractivity contribution in [1.29, 1.82) is 0 Å². The van der Waals surface area contributed by atoms with Crippen LogP contribution in [-0.4, -0.2) is 15.0 Å². The zero-order chi connectivity index (χ0) is 36.9. The van der Waals surface area contributed by atoms with Crippen molar-refractivity contribution in [1.82, 2.24) is 15.0 Å². The molecule has 0 saturated carbocycles. The molecule has 260 valence electrons. The maximum atomic E-state index is 5.09. The van der Waals surface area contributed by atoms with Gasteiger partial charge in [-0.3, -0.25) is 0 Å². The SMILES string of the molecule is CC1(C)c2ccccc2-c2c1cc(-c1ccc(-c3nc(-c4ccc(-c5ccccc5)cc4)nc(-c4ccc(-c5ccccc5)cc4)n3)cc1)c1ccccc21. The van der Waals surface area contributed by atoms with E-state index >= 15 is 0 Å².